The zero-order chi connectivity index (χ0) is 17.1. The Kier molecular flexibility index (Phi) is 5.01. The summed E-state index contributed by atoms with van der Waals surface area (Å²) >= 11 is 3.00. The summed E-state index contributed by atoms with van der Waals surface area (Å²) < 4.78 is 3.02. The molecule has 24 heavy (non-hydrogen) atoms. The number of nitrogens with zero attached hydrogens (tertiary/aromatic N) is 3. The molecule has 0 radical (unpaired) electrons. The first kappa shape index (κ1) is 16.7. The van der Waals surface area contributed by atoms with Crippen LogP contribution in [0.1, 0.15) is 28.7 Å². The van der Waals surface area contributed by atoms with Crippen molar-refractivity contribution in [1.29, 1.82) is 0 Å². The van der Waals surface area contributed by atoms with Gasteiger partial charge in [-0.15, -0.1) is 10.2 Å². The smallest absolute Gasteiger partial charge is 0.257 e. The summed E-state index contributed by atoms with van der Waals surface area (Å²) in [5.41, 5.74) is 3.98. The second kappa shape index (κ2) is 7.19. The van der Waals surface area contributed by atoms with Crippen molar-refractivity contribution in [3.05, 3.63) is 53.3 Å². The maximum atomic E-state index is 12.3. The molecular weight excluding hydrogens is 340 g/mol. The van der Waals surface area contributed by atoms with E-state index in [2.05, 4.69) is 53.0 Å². The Hall–Kier alpha value is -2.12. The standard InChI is InChI=1S/C17H18N4OS2/c1-4-23-17-20-19-16(24-17)18-15(22)13-7-9-14(10-8-13)21-11(2)5-6-12(21)3/h5-10H,4H2,1-3H3,(H,18,19,22). The number of anilines is 1. The second-order valence-corrected chi connectivity index (χ2v) is 7.75. The first-order chi connectivity index (χ1) is 11.6. The van der Waals surface area contributed by atoms with Gasteiger partial charge in [0.1, 0.15) is 0 Å². The van der Waals surface area contributed by atoms with Crippen LogP contribution in [0.15, 0.2) is 40.7 Å². The highest BCUT2D eigenvalue weighted by Gasteiger charge is 2.11. The highest BCUT2D eigenvalue weighted by Crippen LogP contribution is 2.25. The number of hydrogen-bond acceptors (Lipinski definition) is 5. The van der Waals surface area contributed by atoms with Crippen molar-refractivity contribution in [2.75, 3.05) is 11.1 Å². The molecule has 0 aliphatic rings. The van der Waals surface area contributed by atoms with E-state index in [0.717, 1.165) is 15.8 Å². The molecule has 0 unspecified atom stereocenters. The van der Waals surface area contributed by atoms with Crippen molar-refractivity contribution < 1.29 is 4.79 Å². The molecule has 1 N–H and O–H groups in total. The molecular formula is C17H18N4OS2. The van der Waals surface area contributed by atoms with Crippen LogP contribution in [0.2, 0.25) is 0 Å². The molecule has 5 nitrogen and oxygen atoms in total. The molecule has 2 heterocycles. The van der Waals surface area contributed by atoms with Gasteiger partial charge in [0.2, 0.25) is 5.13 Å². The summed E-state index contributed by atoms with van der Waals surface area (Å²) in [6.07, 6.45) is 0. The predicted molar refractivity (Wildman–Crippen MR) is 99.5 cm³/mol. The third-order valence-electron chi connectivity index (χ3n) is 3.55. The lowest BCUT2D eigenvalue weighted by atomic mass is 10.2. The number of hydrogen-bond donors (Lipinski definition) is 1. The number of amides is 1. The van der Waals surface area contributed by atoms with Gasteiger partial charge in [-0.2, -0.15) is 0 Å². The third kappa shape index (κ3) is 3.52. The number of aryl methyl sites for hydroxylation is 2. The Labute approximate surface area is 149 Å². The molecule has 0 fully saturated rings. The maximum absolute atomic E-state index is 12.3. The molecule has 1 aromatic carbocycles. The fourth-order valence-corrected chi connectivity index (χ4v) is 4.09. The van der Waals surface area contributed by atoms with E-state index in [1.807, 2.05) is 24.3 Å². The summed E-state index contributed by atoms with van der Waals surface area (Å²) in [4.78, 5) is 12.3. The number of thioether (sulfide) groups is 1. The Morgan fingerprint density at radius 2 is 1.79 bits per heavy atom. The monoisotopic (exact) mass is 358 g/mol. The van der Waals surface area contributed by atoms with Crippen LogP contribution in [0.5, 0.6) is 0 Å². The molecule has 1 amide bonds. The zero-order valence-corrected chi connectivity index (χ0v) is 15.4. The van der Waals surface area contributed by atoms with Crippen LogP contribution in [0.3, 0.4) is 0 Å². The summed E-state index contributed by atoms with van der Waals surface area (Å²) in [6, 6.07) is 11.7. The van der Waals surface area contributed by atoms with Gasteiger partial charge in [-0.3, -0.25) is 10.1 Å². The van der Waals surface area contributed by atoms with E-state index in [-0.39, 0.29) is 5.91 Å². The fraction of sp³-hybridized carbons (Fsp3) is 0.235. The maximum Gasteiger partial charge on any atom is 0.257 e. The lowest BCUT2D eigenvalue weighted by Crippen LogP contribution is -2.11. The summed E-state index contributed by atoms with van der Waals surface area (Å²) in [5, 5.41) is 11.4. The van der Waals surface area contributed by atoms with E-state index in [0.29, 0.717) is 10.7 Å². The summed E-state index contributed by atoms with van der Waals surface area (Å²) in [6.45, 7) is 6.18. The van der Waals surface area contributed by atoms with Crippen LogP contribution in [0.4, 0.5) is 5.13 Å². The predicted octanol–water partition coefficient (Wildman–Crippen LogP) is 4.31. The highest BCUT2D eigenvalue weighted by atomic mass is 32.2. The van der Waals surface area contributed by atoms with Crippen molar-refractivity contribution in [3.63, 3.8) is 0 Å². The van der Waals surface area contributed by atoms with Crippen LogP contribution in [0.25, 0.3) is 5.69 Å². The first-order valence-electron chi connectivity index (χ1n) is 7.61. The van der Waals surface area contributed by atoms with Gasteiger partial charge in [-0.05, 0) is 56.0 Å². The van der Waals surface area contributed by atoms with Gasteiger partial charge in [0.25, 0.3) is 5.91 Å². The first-order valence-corrected chi connectivity index (χ1v) is 9.41. The Morgan fingerprint density at radius 3 is 2.42 bits per heavy atom. The number of benzene rings is 1. The summed E-state index contributed by atoms with van der Waals surface area (Å²) in [5.74, 6) is 0.758. The fourth-order valence-electron chi connectivity index (χ4n) is 2.45. The van der Waals surface area contributed by atoms with Crippen molar-refractivity contribution in [1.82, 2.24) is 14.8 Å². The molecule has 7 heteroatoms. The number of carbonyl (C=O) groups excluding carboxylic acids is 1. The molecule has 3 aromatic rings. The van der Waals surface area contributed by atoms with Crippen molar-refractivity contribution >= 4 is 34.1 Å². The van der Waals surface area contributed by atoms with E-state index in [1.54, 1.807) is 11.8 Å². The minimum atomic E-state index is -0.174. The average molecular weight is 358 g/mol. The molecule has 0 aliphatic heterocycles. The van der Waals surface area contributed by atoms with E-state index < -0.39 is 0 Å². The molecule has 3 rings (SSSR count). The van der Waals surface area contributed by atoms with Crippen LogP contribution in [0, 0.1) is 13.8 Å². The Bertz CT molecular complexity index is 832. The second-order valence-electron chi connectivity index (χ2n) is 5.26. The third-order valence-corrected chi connectivity index (χ3v) is 5.41. The van der Waals surface area contributed by atoms with Crippen LogP contribution in [-0.4, -0.2) is 26.4 Å². The lowest BCUT2D eigenvalue weighted by Gasteiger charge is -2.10. The molecule has 0 bridgehead atoms. The van der Waals surface area contributed by atoms with Gasteiger partial charge >= 0.3 is 0 Å². The van der Waals surface area contributed by atoms with Gasteiger partial charge < -0.3 is 4.57 Å². The average Bonchev–Trinajstić information content (AvgIpc) is 3.14. The molecule has 124 valence electrons. The van der Waals surface area contributed by atoms with Gasteiger partial charge in [0.15, 0.2) is 4.34 Å². The van der Waals surface area contributed by atoms with Gasteiger partial charge in [-0.1, -0.05) is 30.0 Å². The van der Waals surface area contributed by atoms with Crippen molar-refractivity contribution in [2.45, 2.75) is 25.1 Å². The number of aromatic nitrogens is 3. The number of nitrogens with one attached hydrogen (secondary N) is 1. The number of carbonyl (C=O) groups is 1. The quantitative estimate of drug-likeness (QED) is 0.545. The molecule has 0 atom stereocenters. The van der Waals surface area contributed by atoms with E-state index >= 15 is 0 Å². The SMILES string of the molecule is CCSc1nnc(NC(=O)c2ccc(-n3c(C)ccc3C)cc2)s1. The van der Waals surface area contributed by atoms with Crippen molar-refractivity contribution in [2.24, 2.45) is 0 Å². The molecule has 0 saturated heterocycles. The number of rotatable bonds is 5. The Balaban J connectivity index is 1.74. The van der Waals surface area contributed by atoms with Crippen LogP contribution < -0.4 is 5.32 Å². The zero-order valence-electron chi connectivity index (χ0n) is 13.7. The lowest BCUT2D eigenvalue weighted by molar-refractivity contribution is 0.102. The Morgan fingerprint density at radius 1 is 1.12 bits per heavy atom. The van der Waals surface area contributed by atoms with Crippen molar-refractivity contribution in [3.8, 4) is 5.69 Å². The van der Waals surface area contributed by atoms with Crippen LogP contribution >= 0.6 is 23.1 Å². The van der Waals surface area contributed by atoms with Gasteiger partial charge in [0.05, 0.1) is 0 Å². The molecule has 0 spiro atoms. The van der Waals surface area contributed by atoms with Crippen LogP contribution in [-0.2, 0) is 0 Å². The van der Waals surface area contributed by atoms with Gasteiger partial charge in [-0.25, -0.2) is 0 Å². The van der Waals surface area contributed by atoms with Gasteiger partial charge in [0, 0.05) is 22.6 Å². The largest absolute Gasteiger partial charge is 0.319 e. The van der Waals surface area contributed by atoms with E-state index in [4.69, 9.17) is 0 Å². The summed E-state index contributed by atoms with van der Waals surface area (Å²) in [7, 11) is 0. The topological polar surface area (TPSA) is 59.8 Å². The minimum absolute atomic E-state index is 0.174. The molecule has 0 saturated carbocycles. The normalized spacial score (nSPS) is 10.8. The van der Waals surface area contributed by atoms with E-state index in [9.17, 15) is 4.79 Å². The highest BCUT2D eigenvalue weighted by molar-refractivity contribution is 8.01. The molecule has 0 aliphatic carbocycles. The van der Waals surface area contributed by atoms with E-state index in [1.165, 1.54) is 22.7 Å². The molecule has 2 aromatic heterocycles. The minimum Gasteiger partial charge on any atom is -0.319 e.